The summed E-state index contributed by atoms with van der Waals surface area (Å²) in [6.45, 7) is 0.569. The standard InChI is InChI=1S/C13H23B2N3O4/c1-19-6-10-7(3-11(14)21-10)8-5-18(17-16-8)13-9(20-2)4-12(15)22-13/h5,7,9-13H,3-4,6,14-15H2,1-2H3/t7-,9+,10+,11+,12+,13-/m0/s1. The van der Waals surface area contributed by atoms with Crippen LogP contribution in [0.3, 0.4) is 0 Å². The molecule has 0 N–H and O–H groups in total. The Hall–Kier alpha value is -0.890. The highest BCUT2D eigenvalue weighted by molar-refractivity contribution is 6.11. The second kappa shape index (κ2) is 6.70. The Labute approximate surface area is 132 Å². The van der Waals surface area contributed by atoms with Crippen molar-refractivity contribution in [3.63, 3.8) is 0 Å². The van der Waals surface area contributed by atoms with E-state index < -0.39 is 0 Å². The normalized spacial score (nSPS) is 38.6. The Morgan fingerprint density at radius 2 is 2.05 bits per heavy atom. The molecule has 0 bridgehead atoms. The van der Waals surface area contributed by atoms with Crippen LogP contribution in [-0.4, -0.2) is 75.7 Å². The third-order valence-corrected chi connectivity index (χ3v) is 4.50. The second-order valence-corrected chi connectivity index (χ2v) is 6.25. The Morgan fingerprint density at radius 3 is 2.77 bits per heavy atom. The van der Waals surface area contributed by atoms with Gasteiger partial charge in [0.1, 0.15) is 21.8 Å². The van der Waals surface area contributed by atoms with Gasteiger partial charge in [0.25, 0.3) is 0 Å². The molecule has 6 atom stereocenters. The van der Waals surface area contributed by atoms with Crippen molar-refractivity contribution in [2.45, 2.75) is 49.2 Å². The fourth-order valence-electron chi connectivity index (χ4n) is 3.44. The first-order valence-electron chi connectivity index (χ1n) is 7.86. The molecule has 120 valence electrons. The maximum atomic E-state index is 5.90. The molecule has 0 aromatic carbocycles. The molecule has 2 aliphatic rings. The van der Waals surface area contributed by atoms with Gasteiger partial charge in [-0.3, -0.25) is 0 Å². The van der Waals surface area contributed by atoms with Crippen LogP contribution >= 0.6 is 0 Å². The Bertz CT molecular complexity index is 503. The molecule has 0 spiro atoms. The quantitative estimate of drug-likeness (QED) is 0.627. The van der Waals surface area contributed by atoms with Crippen molar-refractivity contribution >= 4 is 15.7 Å². The number of rotatable bonds is 5. The summed E-state index contributed by atoms with van der Waals surface area (Å²) in [5, 5.41) is 8.61. The molecule has 0 saturated carbocycles. The number of aromatic nitrogens is 3. The van der Waals surface area contributed by atoms with E-state index in [0.717, 1.165) is 18.5 Å². The van der Waals surface area contributed by atoms with Crippen molar-refractivity contribution in [1.29, 1.82) is 0 Å². The van der Waals surface area contributed by atoms with E-state index in [1.54, 1.807) is 18.9 Å². The number of hydrogen-bond acceptors (Lipinski definition) is 6. The fraction of sp³-hybridized carbons (Fsp3) is 0.846. The van der Waals surface area contributed by atoms with Gasteiger partial charge < -0.3 is 18.9 Å². The van der Waals surface area contributed by atoms with Crippen molar-refractivity contribution in [3.8, 4) is 0 Å². The number of nitrogens with zero attached hydrogens (tertiary/aromatic N) is 3. The Kier molecular flexibility index (Phi) is 4.87. The predicted octanol–water partition coefficient (Wildman–Crippen LogP) is -1.35. The van der Waals surface area contributed by atoms with E-state index in [1.807, 2.05) is 14.0 Å². The minimum atomic E-state index is -0.207. The summed E-state index contributed by atoms with van der Waals surface area (Å²) in [6.07, 6.45) is 3.60. The van der Waals surface area contributed by atoms with Crippen LogP contribution in [0.15, 0.2) is 6.20 Å². The molecule has 0 radical (unpaired) electrons. The fourth-order valence-corrected chi connectivity index (χ4v) is 3.44. The van der Waals surface area contributed by atoms with Gasteiger partial charge in [-0.1, -0.05) is 5.21 Å². The van der Waals surface area contributed by atoms with Gasteiger partial charge in [0.2, 0.25) is 0 Å². The molecule has 1 aromatic rings. The lowest BCUT2D eigenvalue weighted by Gasteiger charge is -2.17. The number of methoxy groups -OCH3 is 2. The zero-order valence-electron chi connectivity index (χ0n) is 13.6. The van der Waals surface area contributed by atoms with Crippen LogP contribution in [-0.2, 0) is 18.9 Å². The molecule has 22 heavy (non-hydrogen) atoms. The lowest BCUT2D eigenvalue weighted by atomic mass is 9.89. The molecule has 0 unspecified atom stereocenters. The molecule has 0 amide bonds. The molecule has 0 aliphatic carbocycles. The van der Waals surface area contributed by atoms with Gasteiger partial charge in [-0.15, -0.1) is 5.10 Å². The van der Waals surface area contributed by atoms with Crippen molar-refractivity contribution in [2.24, 2.45) is 0 Å². The summed E-state index contributed by atoms with van der Waals surface area (Å²) >= 11 is 0. The summed E-state index contributed by atoms with van der Waals surface area (Å²) in [5.41, 5.74) is 0.935. The molecular formula is C13H23B2N3O4. The number of hydrogen-bond donors (Lipinski definition) is 0. The van der Waals surface area contributed by atoms with Crippen molar-refractivity contribution in [1.82, 2.24) is 15.0 Å². The van der Waals surface area contributed by atoms with Gasteiger partial charge in [-0.05, 0) is 12.8 Å². The molecule has 3 heterocycles. The van der Waals surface area contributed by atoms with E-state index in [9.17, 15) is 0 Å². The largest absolute Gasteiger partial charge is 0.382 e. The predicted molar refractivity (Wildman–Crippen MR) is 84.3 cm³/mol. The first kappa shape index (κ1) is 16.0. The van der Waals surface area contributed by atoms with Crippen LogP contribution in [0.1, 0.15) is 30.7 Å². The zero-order chi connectivity index (χ0) is 15.7. The molecule has 7 nitrogen and oxygen atoms in total. The highest BCUT2D eigenvalue weighted by Crippen LogP contribution is 2.35. The Balaban J connectivity index is 1.75. The average Bonchev–Trinajstić information content (AvgIpc) is 3.17. The van der Waals surface area contributed by atoms with Crippen LogP contribution in [0, 0.1) is 0 Å². The lowest BCUT2D eigenvalue weighted by Crippen LogP contribution is -2.22. The highest BCUT2D eigenvalue weighted by atomic mass is 16.6. The van der Waals surface area contributed by atoms with Gasteiger partial charge in [-0.25, -0.2) is 4.68 Å². The van der Waals surface area contributed by atoms with E-state index in [1.165, 1.54) is 0 Å². The van der Waals surface area contributed by atoms with E-state index in [-0.39, 0.29) is 36.4 Å². The average molecular weight is 307 g/mol. The summed E-state index contributed by atoms with van der Waals surface area (Å²) in [6, 6.07) is 0.378. The highest BCUT2D eigenvalue weighted by Gasteiger charge is 2.38. The molecule has 2 fully saturated rings. The van der Waals surface area contributed by atoms with E-state index in [0.29, 0.717) is 6.61 Å². The third-order valence-electron chi connectivity index (χ3n) is 4.50. The summed E-state index contributed by atoms with van der Waals surface area (Å²) < 4.78 is 24.3. The van der Waals surface area contributed by atoms with E-state index >= 15 is 0 Å². The maximum absolute atomic E-state index is 5.90. The molecule has 3 rings (SSSR count). The topological polar surface area (TPSA) is 67.6 Å². The van der Waals surface area contributed by atoms with Gasteiger partial charge in [0.15, 0.2) is 6.23 Å². The molecule has 2 saturated heterocycles. The van der Waals surface area contributed by atoms with Crippen molar-refractivity contribution < 1.29 is 18.9 Å². The minimum Gasteiger partial charge on any atom is -0.382 e. The zero-order valence-corrected chi connectivity index (χ0v) is 13.6. The monoisotopic (exact) mass is 307 g/mol. The summed E-state index contributed by atoms with van der Waals surface area (Å²) in [4.78, 5) is 0. The van der Waals surface area contributed by atoms with Crippen LogP contribution in [0.2, 0.25) is 0 Å². The SMILES string of the molecule is B[C@H]1C[C@@H](c2cn([C@H]3O[C@@H](B)C[C@H]3OC)nn2)[C@@H](COC)O1. The van der Waals surface area contributed by atoms with Gasteiger partial charge in [0.05, 0.1) is 24.6 Å². The molecular weight excluding hydrogens is 284 g/mol. The van der Waals surface area contributed by atoms with Gasteiger partial charge in [-0.2, -0.15) is 0 Å². The lowest BCUT2D eigenvalue weighted by molar-refractivity contribution is -0.0430. The van der Waals surface area contributed by atoms with E-state index in [4.69, 9.17) is 18.9 Å². The Morgan fingerprint density at radius 1 is 1.27 bits per heavy atom. The van der Waals surface area contributed by atoms with Crippen LogP contribution < -0.4 is 0 Å². The molecule has 1 aromatic heterocycles. The minimum absolute atomic E-state index is 0.0121. The molecule has 9 heteroatoms. The van der Waals surface area contributed by atoms with Gasteiger partial charge in [0, 0.05) is 32.1 Å². The third kappa shape index (κ3) is 3.08. The first-order chi connectivity index (χ1) is 10.6. The molecule has 2 aliphatic heterocycles. The van der Waals surface area contributed by atoms with Gasteiger partial charge >= 0.3 is 0 Å². The first-order valence-corrected chi connectivity index (χ1v) is 7.86. The van der Waals surface area contributed by atoms with E-state index in [2.05, 4.69) is 18.2 Å². The van der Waals surface area contributed by atoms with Crippen molar-refractivity contribution in [3.05, 3.63) is 11.9 Å². The van der Waals surface area contributed by atoms with Crippen molar-refractivity contribution in [2.75, 3.05) is 20.8 Å². The van der Waals surface area contributed by atoms with Crippen LogP contribution in [0.5, 0.6) is 0 Å². The smallest absolute Gasteiger partial charge is 0.177 e. The number of ether oxygens (including phenoxy) is 4. The maximum Gasteiger partial charge on any atom is 0.177 e. The summed E-state index contributed by atoms with van der Waals surface area (Å²) in [7, 11) is 7.52. The van der Waals surface area contributed by atoms with Crippen LogP contribution in [0.25, 0.3) is 0 Å². The van der Waals surface area contributed by atoms with Crippen LogP contribution in [0.4, 0.5) is 0 Å². The summed E-state index contributed by atoms with van der Waals surface area (Å²) in [5.74, 6) is 0.212. The second-order valence-electron chi connectivity index (χ2n) is 6.25.